The Morgan fingerprint density at radius 1 is 1.22 bits per heavy atom. The fraction of sp³-hybridized carbons (Fsp3) is 0.176. The van der Waals surface area contributed by atoms with Gasteiger partial charge >= 0.3 is 0 Å². The first-order valence-electron chi connectivity index (χ1n) is 7.79. The van der Waals surface area contributed by atoms with Gasteiger partial charge in [0.1, 0.15) is 11.5 Å². The number of rotatable bonds is 7. The van der Waals surface area contributed by atoms with Gasteiger partial charge in [-0.25, -0.2) is 0 Å². The van der Waals surface area contributed by atoms with E-state index in [1.807, 2.05) is 6.07 Å². The van der Waals surface area contributed by atoms with Gasteiger partial charge in [-0.2, -0.15) is 4.68 Å². The number of aromatic nitrogens is 4. The Balaban J connectivity index is 1.68. The first kappa shape index (κ1) is 19.0. The summed E-state index contributed by atoms with van der Waals surface area (Å²) < 4.78 is 12.0. The molecule has 27 heavy (non-hydrogen) atoms. The zero-order valence-corrected chi connectivity index (χ0v) is 16.1. The lowest BCUT2D eigenvalue weighted by Gasteiger charge is -2.11. The summed E-state index contributed by atoms with van der Waals surface area (Å²) in [4.78, 5) is 12.4. The highest BCUT2D eigenvalue weighted by atomic mass is 35.5. The molecular weight excluding hydrogens is 390 g/mol. The number of methoxy groups -OCH3 is 2. The van der Waals surface area contributed by atoms with Crippen molar-refractivity contribution < 1.29 is 14.3 Å². The average molecular weight is 406 g/mol. The van der Waals surface area contributed by atoms with Crippen LogP contribution in [-0.2, 0) is 4.79 Å². The summed E-state index contributed by atoms with van der Waals surface area (Å²) in [6.45, 7) is 0. The zero-order valence-electron chi connectivity index (χ0n) is 14.5. The number of nitrogens with zero attached hydrogens (tertiary/aromatic N) is 4. The van der Waals surface area contributed by atoms with Crippen LogP contribution < -0.4 is 14.8 Å². The molecular formula is C17H16ClN5O3S. The second-order valence-corrected chi connectivity index (χ2v) is 6.64. The van der Waals surface area contributed by atoms with Gasteiger partial charge in [-0.3, -0.25) is 4.79 Å². The van der Waals surface area contributed by atoms with E-state index in [0.29, 0.717) is 33.1 Å². The van der Waals surface area contributed by atoms with E-state index in [1.165, 1.54) is 23.6 Å². The number of thioether (sulfide) groups is 1. The third-order valence-electron chi connectivity index (χ3n) is 3.51. The molecule has 0 atom stereocenters. The van der Waals surface area contributed by atoms with Crippen LogP contribution >= 0.6 is 23.4 Å². The number of ether oxygens (including phenoxy) is 2. The topological polar surface area (TPSA) is 91.2 Å². The van der Waals surface area contributed by atoms with Crippen molar-refractivity contribution in [1.82, 2.24) is 20.2 Å². The van der Waals surface area contributed by atoms with Crippen LogP contribution in [0.4, 0.5) is 5.69 Å². The summed E-state index contributed by atoms with van der Waals surface area (Å²) in [6.07, 6.45) is 0. The lowest BCUT2D eigenvalue weighted by atomic mass is 10.2. The Morgan fingerprint density at radius 2 is 2.07 bits per heavy atom. The van der Waals surface area contributed by atoms with Crippen molar-refractivity contribution in [3.63, 3.8) is 0 Å². The number of amides is 1. The van der Waals surface area contributed by atoms with E-state index in [2.05, 4.69) is 20.8 Å². The lowest BCUT2D eigenvalue weighted by Crippen LogP contribution is -2.15. The molecule has 1 N–H and O–H groups in total. The van der Waals surface area contributed by atoms with Gasteiger partial charge in [-0.05, 0) is 40.8 Å². The smallest absolute Gasteiger partial charge is 0.234 e. The number of carbonyl (C=O) groups excluding carboxylic acids is 1. The quantitative estimate of drug-likeness (QED) is 0.604. The van der Waals surface area contributed by atoms with Gasteiger partial charge in [-0.15, -0.1) is 5.10 Å². The number of halogens is 1. The Labute approximate surface area is 164 Å². The maximum absolute atomic E-state index is 12.4. The van der Waals surface area contributed by atoms with Crippen molar-refractivity contribution >= 4 is 35.0 Å². The average Bonchev–Trinajstić information content (AvgIpc) is 3.15. The van der Waals surface area contributed by atoms with Crippen LogP contribution in [0.25, 0.3) is 5.69 Å². The predicted octanol–water partition coefficient (Wildman–Crippen LogP) is 3.06. The van der Waals surface area contributed by atoms with Crippen molar-refractivity contribution in [2.45, 2.75) is 5.16 Å². The molecule has 2 aromatic carbocycles. The molecule has 10 heteroatoms. The predicted molar refractivity (Wildman–Crippen MR) is 103 cm³/mol. The third-order valence-corrected chi connectivity index (χ3v) is 4.66. The number of carbonyl (C=O) groups is 1. The minimum Gasteiger partial charge on any atom is -0.497 e. The highest BCUT2D eigenvalue weighted by Crippen LogP contribution is 2.29. The molecule has 140 valence electrons. The summed E-state index contributed by atoms with van der Waals surface area (Å²) in [5, 5.41) is 15.4. The van der Waals surface area contributed by atoms with Crippen molar-refractivity contribution in [1.29, 1.82) is 0 Å². The molecule has 0 aliphatic rings. The van der Waals surface area contributed by atoms with Crippen LogP contribution in [0.15, 0.2) is 47.6 Å². The minimum absolute atomic E-state index is 0.112. The number of tetrazole rings is 1. The molecule has 0 saturated heterocycles. The Bertz CT molecular complexity index is 950. The maximum atomic E-state index is 12.4. The van der Waals surface area contributed by atoms with Gasteiger partial charge in [0.2, 0.25) is 11.1 Å². The molecule has 0 saturated carbocycles. The van der Waals surface area contributed by atoms with Crippen LogP contribution in [0.2, 0.25) is 5.02 Å². The fourth-order valence-electron chi connectivity index (χ4n) is 2.27. The van der Waals surface area contributed by atoms with Gasteiger partial charge < -0.3 is 14.8 Å². The van der Waals surface area contributed by atoms with Crippen molar-refractivity contribution in [3.8, 4) is 17.2 Å². The summed E-state index contributed by atoms with van der Waals surface area (Å²) >= 11 is 7.22. The molecule has 1 aromatic heterocycles. The largest absolute Gasteiger partial charge is 0.497 e. The first-order chi connectivity index (χ1) is 13.1. The van der Waals surface area contributed by atoms with E-state index in [1.54, 1.807) is 43.5 Å². The molecule has 0 radical (unpaired) electrons. The van der Waals surface area contributed by atoms with Gasteiger partial charge in [-0.1, -0.05) is 29.4 Å². The van der Waals surface area contributed by atoms with Crippen molar-refractivity contribution in [3.05, 3.63) is 47.5 Å². The number of nitrogens with one attached hydrogen (secondary N) is 1. The molecule has 3 aromatic rings. The monoisotopic (exact) mass is 405 g/mol. The van der Waals surface area contributed by atoms with Gasteiger partial charge in [0.05, 0.1) is 31.3 Å². The SMILES string of the molecule is COc1ccc(OC)c(NC(=O)CSc2nnnn2-c2cccc(Cl)c2)c1. The molecule has 0 spiro atoms. The first-order valence-corrected chi connectivity index (χ1v) is 9.16. The highest BCUT2D eigenvalue weighted by Gasteiger charge is 2.14. The van der Waals surface area contributed by atoms with E-state index in [0.717, 1.165) is 0 Å². The van der Waals surface area contributed by atoms with Crippen LogP contribution in [0, 0.1) is 0 Å². The normalized spacial score (nSPS) is 10.5. The third kappa shape index (κ3) is 4.69. The van der Waals surface area contributed by atoms with Crippen LogP contribution in [0.1, 0.15) is 0 Å². The van der Waals surface area contributed by atoms with Crippen LogP contribution in [0.5, 0.6) is 11.5 Å². The maximum Gasteiger partial charge on any atom is 0.234 e. The Kier molecular flexibility index (Phi) is 6.15. The van der Waals surface area contributed by atoms with E-state index >= 15 is 0 Å². The molecule has 0 unspecified atom stereocenters. The zero-order chi connectivity index (χ0) is 19.2. The van der Waals surface area contributed by atoms with Crippen molar-refractivity contribution in [2.24, 2.45) is 0 Å². The molecule has 0 bridgehead atoms. The number of benzene rings is 2. The number of hydrogen-bond donors (Lipinski definition) is 1. The van der Waals surface area contributed by atoms with E-state index in [9.17, 15) is 4.79 Å². The number of hydrogen-bond acceptors (Lipinski definition) is 7. The fourth-order valence-corrected chi connectivity index (χ4v) is 3.14. The molecule has 3 rings (SSSR count). The van der Waals surface area contributed by atoms with Gasteiger partial charge in [0, 0.05) is 11.1 Å². The minimum atomic E-state index is -0.229. The lowest BCUT2D eigenvalue weighted by molar-refractivity contribution is -0.113. The molecule has 1 heterocycles. The molecule has 0 aliphatic heterocycles. The summed E-state index contributed by atoms with van der Waals surface area (Å²) in [6, 6.07) is 12.3. The standard InChI is InChI=1S/C17H16ClN5O3S/c1-25-13-6-7-15(26-2)14(9-13)19-16(24)10-27-17-20-21-22-23(17)12-5-3-4-11(18)8-12/h3-9H,10H2,1-2H3,(H,19,24). The summed E-state index contributed by atoms with van der Waals surface area (Å²) in [7, 11) is 3.09. The molecule has 0 fully saturated rings. The van der Waals surface area contributed by atoms with Crippen molar-refractivity contribution in [2.75, 3.05) is 25.3 Å². The van der Waals surface area contributed by atoms with Crippen LogP contribution in [0.3, 0.4) is 0 Å². The summed E-state index contributed by atoms with van der Waals surface area (Å²) in [5.41, 5.74) is 1.24. The summed E-state index contributed by atoms with van der Waals surface area (Å²) in [5.74, 6) is 1.04. The van der Waals surface area contributed by atoms with Crippen LogP contribution in [-0.4, -0.2) is 46.1 Å². The van der Waals surface area contributed by atoms with E-state index in [4.69, 9.17) is 21.1 Å². The molecule has 0 aliphatic carbocycles. The van der Waals surface area contributed by atoms with E-state index < -0.39 is 0 Å². The Morgan fingerprint density at radius 3 is 2.81 bits per heavy atom. The van der Waals surface area contributed by atoms with E-state index in [-0.39, 0.29) is 11.7 Å². The van der Waals surface area contributed by atoms with Gasteiger partial charge in [0.25, 0.3) is 0 Å². The molecule has 8 nitrogen and oxygen atoms in total. The molecule has 1 amide bonds. The van der Waals surface area contributed by atoms with Gasteiger partial charge in [0.15, 0.2) is 0 Å². The number of anilines is 1. The second-order valence-electron chi connectivity index (χ2n) is 5.26. The Hall–Kier alpha value is -2.78. The second kappa shape index (κ2) is 8.74. The highest BCUT2D eigenvalue weighted by molar-refractivity contribution is 7.99.